The molecule has 1 amide bonds. The van der Waals surface area contributed by atoms with Crippen LogP contribution in [0.25, 0.3) is 10.8 Å². The Kier molecular flexibility index (Phi) is 5.56. The molecule has 0 saturated heterocycles. The summed E-state index contributed by atoms with van der Waals surface area (Å²) in [5.74, 6) is 0.208. The van der Waals surface area contributed by atoms with E-state index in [9.17, 15) is 13.2 Å². The molecule has 0 bridgehead atoms. The van der Waals surface area contributed by atoms with Gasteiger partial charge in [0.05, 0.1) is 11.9 Å². The number of fused-ring (bicyclic) bond motifs is 1. The SMILES string of the molecule is C[C@@H](Oc1ccc(N(C)S(C)(=O)=O)cc1)C(=O)Nc1ccc2ccccc2c1. The van der Waals surface area contributed by atoms with Crippen molar-refractivity contribution in [3.8, 4) is 5.75 Å². The molecule has 0 heterocycles. The first kappa shape index (κ1) is 19.7. The van der Waals surface area contributed by atoms with Crippen LogP contribution < -0.4 is 14.4 Å². The largest absolute Gasteiger partial charge is 0.481 e. The van der Waals surface area contributed by atoms with Crippen molar-refractivity contribution >= 4 is 38.1 Å². The molecule has 1 atom stereocenters. The number of anilines is 2. The average molecular weight is 398 g/mol. The number of carbonyl (C=O) groups is 1. The number of hydrogen-bond donors (Lipinski definition) is 1. The number of rotatable bonds is 6. The minimum absolute atomic E-state index is 0.271. The first-order valence-electron chi connectivity index (χ1n) is 8.74. The lowest BCUT2D eigenvalue weighted by atomic mass is 10.1. The summed E-state index contributed by atoms with van der Waals surface area (Å²) in [5.41, 5.74) is 1.22. The molecule has 146 valence electrons. The third kappa shape index (κ3) is 4.61. The Bertz CT molecular complexity index is 1090. The molecule has 7 heteroatoms. The second-order valence-electron chi connectivity index (χ2n) is 6.54. The van der Waals surface area contributed by atoms with Gasteiger partial charge in [0.1, 0.15) is 5.75 Å². The summed E-state index contributed by atoms with van der Waals surface area (Å²) >= 11 is 0. The lowest BCUT2D eigenvalue weighted by molar-refractivity contribution is -0.122. The third-order valence-corrected chi connectivity index (χ3v) is 5.60. The van der Waals surface area contributed by atoms with E-state index in [4.69, 9.17) is 4.74 Å². The second-order valence-corrected chi connectivity index (χ2v) is 8.55. The van der Waals surface area contributed by atoms with Crippen LogP contribution in [0.2, 0.25) is 0 Å². The Hall–Kier alpha value is -3.06. The molecule has 0 saturated carbocycles. The lowest BCUT2D eigenvalue weighted by Gasteiger charge is -2.18. The van der Waals surface area contributed by atoms with E-state index in [1.165, 1.54) is 11.4 Å². The van der Waals surface area contributed by atoms with Crippen molar-refractivity contribution in [2.45, 2.75) is 13.0 Å². The van der Waals surface area contributed by atoms with Crippen LogP contribution in [-0.2, 0) is 14.8 Å². The minimum Gasteiger partial charge on any atom is -0.481 e. The lowest BCUT2D eigenvalue weighted by Crippen LogP contribution is -2.30. The van der Waals surface area contributed by atoms with Gasteiger partial charge >= 0.3 is 0 Å². The van der Waals surface area contributed by atoms with Crippen LogP contribution in [0.3, 0.4) is 0 Å². The van der Waals surface area contributed by atoms with Gasteiger partial charge in [0.15, 0.2) is 6.10 Å². The number of amides is 1. The predicted molar refractivity (Wildman–Crippen MR) is 112 cm³/mol. The van der Waals surface area contributed by atoms with E-state index in [2.05, 4.69) is 5.32 Å². The monoisotopic (exact) mass is 398 g/mol. The second kappa shape index (κ2) is 7.90. The van der Waals surface area contributed by atoms with Crippen molar-refractivity contribution < 1.29 is 17.9 Å². The number of hydrogen-bond acceptors (Lipinski definition) is 4. The zero-order chi connectivity index (χ0) is 20.3. The summed E-state index contributed by atoms with van der Waals surface area (Å²) < 4.78 is 30.0. The minimum atomic E-state index is -3.33. The van der Waals surface area contributed by atoms with Crippen molar-refractivity contribution in [2.75, 3.05) is 22.9 Å². The van der Waals surface area contributed by atoms with E-state index >= 15 is 0 Å². The summed E-state index contributed by atoms with van der Waals surface area (Å²) in [6, 6.07) is 20.2. The highest BCUT2D eigenvalue weighted by Crippen LogP contribution is 2.22. The highest BCUT2D eigenvalue weighted by molar-refractivity contribution is 7.92. The van der Waals surface area contributed by atoms with Gasteiger partial charge in [-0.2, -0.15) is 0 Å². The molecule has 0 aromatic heterocycles. The van der Waals surface area contributed by atoms with Crippen LogP contribution in [0.15, 0.2) is 66.7 Å². The number of ether oxygens (including phenoxy) is 1. The fourth-order valence-corrected chi connectivity index (χ4v) is 3.20. The Morgan fingerprint density at radius 3 is 2.29 bits per heavy atom. The Balaban J connectivity index is 1.65. The molecule has 3 aromatic rings. The predicted octanol–water partition coefficient (Wildman–Crippen LogP) is 3.64. The van der Waals surface area contributed by atoms with Crippen LogP contribution in [-0.4, -0.2) is 33.7 Å². The normalized spacial score (nSPS) is 12.4. The molecule has 28 heavy (non-hydrogen) atoms. The van der Waals surface area contributed by atoms with Crippen LogP contribution in [0.4, 0.5) is 11.4 Å². The van der Waals surface area contributed by atoms with E-state index in [1.54, 1.807) is 31.2 Å². The molecule has 0 spiro atoms. The van der Waals surface area contributed by atoms with Gasteiger partial charge in [-0.15, -0.1) is 0 Å². The average Bonchev–Trinajstić information content (AvgIpc) is 2.67. The molecular formula is C21H22N2O4S. The number of sulfonamides is 1. The van der Waals surface area contributed by atoms with Gasteiger partial charge in [0, 0.05) is 12.7 Å². The van der Waals surface area contributed by atoms with E-state index in [0.29, 0.717) is 17.1 Å². The summed E-state index contributed by atoms with van der Waals surface area (Å²) in [5, 5.41) is 4.99. The van der Waals surface area contributed by atoms with Gasteiger partial charge in [-0.3, -0.25) is 9.10 Å². The van der Waals surface area contributed by atoms with Gasteiger partial charge < -0.3 is 10.1 Å². The molecule has 0 aliphatic heterocycles. The van der Waals surface area contributed by atoms with Crippen LogP contribution >= 0.6 is 0 Å². The van der Waals surface area contributed by atoms with Gasteiger partial charge in [0.25, 0.3) is 5.91 Å². The van der Waals surface area contributed by atoms with Crippen LogP contribution in [0.5, 0.6) is 5.75 Å². The quantitative estimate of drug-likeness (QED) is 0.688. The van der Waals surface area contributed by atoms with Crippen molar-refractivity contribution in [3.63, 3.8) is 0 Å². The zero-order valence-electron chi connectivity index (χ0n) is 15.9. The van der Waals surface area contributed by atoms with Gasteiger partial charge in [0.2, 0.25) is 10.0 Å². The van der Waals surface area contributed by atoms with Crippen molar-refractivity contribution in [3.05, 3.63) is 66.7 Å². The number of nitrogens with zero attached hydrogens (tertiary/aromatic N) is 1. The molecule has 6 nitrogen and oxygen atoms in total. The first-order chi connectivity index (χ1) is 13.2. The molecule has 0 radical (unpaired) electrons. The smallest absolute Gasteiger partial charge is 0.265 e. The molecule has 0 unspecified atom stereocenters. The zero-order valence-corrected chi connectivity index (χ0v) is 16.7. The standard InChI is InChI=1S/C21H22N2O4S/c1-15(27-20-12-10-19(11-13-20)23(2)28(3,25)26)21(24)22-18-9-8-16-6-4-5-7-17(16)14-18/h4-15H,1-3H3,(H,22,24)/t15-/m1/s1. The van der Waals surface area contributed by atoms with E-state index in [0.717, 1.165) is 17.0 Å². The van der Waals surface area contributed by atoms with Crippen molar-refractivity contribution in [1.82, 2.24) is 0 Å². The first-order valence-corrected chi connectivity index (χ1v) is 10.6. The third-order valence-electron chi connectivity index (χ3n) is 4.40. The number of nitrogens with one attached hydrogen (secondary N) is 1. The van der Waals surface area contributed by atoms with Crippen molar-refractivity contribution in [1.29, 1.82) is 0 Å². The molecule has 0 aliphatic carbocycles. The van der Waals surface area contributed by atoms with Crippen molar-refractivity contribution in [2.24, 2.45) is 0 Å². The Morgan fingerprint density at radius 1 is 1.00 bits per heavy atom. The molecule has 0 aliphatic rings. The highest BCUT2D eigenvalue weighted by Gasteiger charge is 2.16. The van der Waals surface area contributed by atoms with E-state index in [1.807, 2.05) is 42.5 Å². The Labute approximate surface area is 164 Å². The highest BCUT2D eigenvalue weighted by atomic mass is 32.2. The maximum Gasteiger partial charge on any atom is 0.265 e. The summed E-state index contributed by atoms with van der Waals surface area (Å²) in [6.45, 7) is 1.66. The number of carbonyl (C=O) groups excluding carboxylic acids is 1. The summed E-state index contributed by atoms with van der Waals surface area (Å²) in [7, 11) is -1.85. The maximum absolute atomic E-state index is 12.4. The van der Waals surface area contributed by atoms with E-state index in [-0.39, 0.29) is 5.91 Å². The number of benzene rings is 3. The summed E-state index contributed by atoms with van der Waals surface area (Å²) in [6.07, 6.45) is 0.418. The molecule has 0 fully saturated rings. The fraction of sp³-hybridized carbons (Fsp3) is 0.190. The van der Waals surface area contributed by atoms with Crippen LogP contribution in [0, 0.1) is 0 Å². The summed E-state index contributed by atoms with van der Waals surface area (Å²) in [4.78, 5) is 12.4. The molecular weight excluding hydrogens is 376 g/mol. The molecule has 3 rings (SSSR count). The molecule has 3 aromatic carbocycles. The van der Waals surface area contributed by atoms with E-state index < -0.39 is 16.1 Å². The van der Waals surface area contributed by atoms with Gasteiger partial charge in [-0.25, -0.2) is 8.42 Å². The Morgan fingerprint density at radius 2 is 1.64 bits per heavy atom. The van der Waals surface area contributed by atoms with Gasteiger partial charge in [-0.05, 0) is 54.1 Å². The maximum atomic E-state index is 12.4. The van der Waals surface area contributed by atoms with Gasteiger partial charge in [-0.1, -0.05) is 30.3 Å². The topological polar surface area (TPSA) is 75.7 Å². The fourth-order valence-electron chi connectivity index (χ4n) is 2.69. The molecule has 1 N–H and O–H groups in total. The van der Waals surface area contributed by atoms with Crippen LogP contribution in [0.1, 0.15) is 6.92 Å².